The van der Waals surface area contributed by atoms with Crippen molar-refractivity contribution in [1.29, 1.82) is 0 Å². The average Bonchev–Trinajstić information content (AvgIpc) is 3.65. The second kappa shape index (κ2) is 13.1. The number of aromatic amines is 1. The van der Waals surface area contributed by atoms with Gasteiger partial charge in [0.25, 0.3) is 0 Å². The van der Waals surface area contributed by atoms with Gasteiger partial charge in [-0.2, -0.15) is 0 Å². The molecular formula is C42H50N4O5. The number of H-pyrrole nitrogens is 1. The van der Waals surface area contributed by atoms with Crippen molar-refractivity contribution in [3.05, 3.63) is 94.3 Å². The number of benzene rings is 2. The Morgan fingerprint density at radius 1 is 0.784 bits per heavy atom. The predicted octanol–water partition coefficient (Wildman–Crippen LogP) is 5.97. The summed E-state index contributed by atoms with van der Waals surface area (Å²) in [5.74, 6) is -1.33. The first-order valence-corrected chi connectivity index (χ1v) is 18.5. The zero-order chi connectivity index (χ0) is 35.7. The van der Waals surface area contributed by atoms with Crippen LogP contribution in [0.4, 0.5) is 0 Å². The number of likely N-dealkylation sites (tertiary alicyclic amines) is 2. The number of hydrogen-bond donors (Lipinski definition) is 2. The first-order chi connectivity index (χ1) is 24.7. The van der Waals surface area contributed by atoms with E-state index in [-0.39, 0.29) is 53.7 Å². The average molecular weight is 691 g/mol. The lowest BCUT2D eigenvalue weighted by atomic mass is 9.69. The van der Waals surface area contributed by atoms with Gasteiger partial charge in [-0.05, 0) is 88.7 Å². The van der Waals surface area contributed by atoms with Gasteiger partial charge < -0.3 is 24.1 Å². The van der Waals surface area contributed by atoms with Crippen LogP contribution in [-0.4, -0.2) is 89.9 Å². The standard InChI is InChI=1S/C42H50N4O5/c1-7-23-21-44(3)33-18-29-25-13-9-11-15-31(25)43-39(29)35(17-27(23)37(33)41(48)50-5)46-32-16-12-10-14-26(32)30-19-34-38(42(49)51-6)28(20-36(47)40(30)46)24(8-2)22-45(34)4/h7-16,27-28,33-38,43,47H,17-22H2,1-6H3. The number of rotatable bonds is 3. The fraction of sp³-hybridized carbons (Fsp3) is 0.476. The molecule has 4 heterocycles. The third-order valence-electron chi connectivity index (χ3n) is 13.0. The highest BCUT2D eigenvalue weighted by Gasteiger charge is 2.50. The Kier molecular flexibility index (Phi) is 8.72. The van der Waals surface area contributed by atoms with Gasteiger partial charge in [0.1, 0.15) is 0 Å². The molecule has 4 bridgehead atoms. The van der Waals surface area contributed by atoms with E-state index in [9.17, 15) is 14.7 Å². The molecule has 2 aromatic heterocycles. The van der Waals surface area contributed by atoms with Gasteiger partial charge >= 0.3 is 11.9 Å². The molecule has 2 aliphatic carbocycles. The molecule has 8 atom stereocenters. The minimum atomic E-state index is -0.829. The SMILES string of the molecule is CC=C1CN(C)C2Cc3c([nH]c4ccccc34)C(n3c4c(c5ccccc53)CC3C(C(=O)OC)C(CC4O)C(=CC)CN3C)CC1C2C(=O)OC. The molecule has 8 unspecified atom stereocenters. The molecule has 2 N–H and O–H groups in total. The van der Waals surface area contributed by atoms with Crippen molar-refractivity contribution in [2.75, 3.05) is 41.4 Å². The molecule has 9 heteroatoms. The van der Waals surface area contributed by atoms with Crippen LogP contribution in [0.2, 0.25) is 0 Å². The number of ether oxygens (including phenoxy) is 2. The summed E-state index contributed by atoms with van der Waals surface area (Å²) in [6.45, 7) is 5.64. The predicted molar refractivity (Wildman–Crippen MR) is 198 cm³/mol. The fourth-order valence-corrected chi connectivity index (χ4v) is 10.6. The molecule has 268 valence electrons. The van der Waals surface area contributed by atoms with Gasteiger partial charge in [-0.3, -0.25) is 19.4 Å². The van der Waals surface area contributed by atoms with E-state index >= 15 is 0 Å². The summed E-state index contributed by atoms with van der Waals surface area (Å²) in [6, 6.07) is 16.6. The Labute approximate surface area is 299 Å². The van der Waals surface area contributed by atoms with Gasteiger partial charge in [0.15, 0.2) is 0 Å². The number of aliphatic hydroxyl groups is 1. The van der Waals surface area contributed by atoms with Crippen LogP contribution < -0.4 is 0 Å². The molecule has 9 nitrogen and oxygen atoms in total. The van der Waals surface area contributed by atoms with E-state index in [1.165, 1.54) is 30.7 Å². The minimum absolute atomic E-state index is 0.0258. The number of para-hydroxylation sites is 2. The number of nitrogens with one attached hydrogen (secondary N) is 1. The van der Waals surface area contributed by atoms with E-state index in [1.54, 1.807) is 0 Å². The minimum Gasteiger partial charge on any atom is -0.469 e. The molecule has 8 rings (SSSR count). The third kappa shape index (κ3) is 5.22. The fourth-order valence-electron chi connectivity index (χ4n) is 10.6. The van der Waals surface area contributed by atoms with E-state index in [0.29, 0.717) is 25.7 Å². The van der Waals surface area contributed by atoms with Crippen LogP contribution in [0.15, 0.2) is 71.8 Å². The lowest BCUT2D eigenvalue weighted by Gasteiger charge is -2.47. The highest BCUT2D eigenvalue weighted by Crippen LogP contribution is 2.51. The monoisotopic (exact) mass is 690 g/mol. The van der Waals surface area contributed by atoms with Crippen LogP contribution in [0.25, 0.3) is 21.8 Å². The summed E-state index contributed by atoms with van der Waals surface area (Å²) >= 11 is 0. The molecule has 2 fully saturated rings. The van der Waals surface area contributed by atoms with Crippen LogP contribution in [0.5, 0.6) is 0 Å². The zero-order valence-electron chi connectivity index (χ0n) is 30.6. The van der Waals surface area contributed by atoms with Gasteiger partial charge in [-0.15, -0.1) is 0 Å². The number of fused-ring (bicyclic) bond motifs is 10. The first kappa shape index (κ1) is 33.9. The summed E-state index contributed by atoms with van der Waals surface area (Å²) in [4.78, 5) is 35.9. The van der Waals surface area contributed by atoms with E-state index in [0.717, 1.165) is 52.0 Å². The molecule has 2 saturated heterocycles. The molecule has 2 aromatic carbocycles. The smallest absolute Gasteiger partial charge is 0.310 e. The number of allylic oxidation sites excluding steroid dienone is 2. The molecule has 2 aliphatic heterocycles. The van der Waals surface area contributed by atoms with Crippen molar-refractivity contribution in [2.45, 2.75) is 63.8 Å². The highest BCUT2D eigenvalue weighted by atomic mass is 16.5. The number of carbonyl (C=O) groups excluding carboxylic acids is 2. The molecule has 4 aromatic rings. The number of nitrogens with zero attached hydrogens (tertiary/aromatic N) is 3. The van der Waals surface area contributed by atoms with Crippen molar-refractivity contribution < 1.29 is 24.2 Å². The van der Waals surface area contributed by atoms with Crippen LogP contribution >= 0.6 is 0 Å². The summed E-state index contributed by atoms with van der Waals surface area (Å²) < 4.78 is 13.4. The number of aromatic nitrogens is 2. The van der Waals surface area contributed by atoms with Crippen LogP contribution in [0.3, 0.4) is 0 Å². The van der Waals surface area contributed by atoms with E-state index in [4.69, 9.17) is 9.47 Å². The van der Waals surface area contributed by atoms with Gasteiger partial charge in [-0.25, -0.2) is 0 Å². The van der Waals surface area contributed by atoms with E-state index in [2.05, 4.69) is 101 Å². The summed E-state index contributed by atoms with van der Waals surface area (Å²) in [7, 11) is 7.21. The maximum atomic E-state index is 13.9. The maximum absolute atomic E-state index is 13.9. The van der Waals surface area contributed by atoms with E-state index in [1.807, 2.05) is 6.92 Å². The zero-order valence-corrected chi connectivity index (χ0v) is 30.6. The third-order valence-corrected chi connectivity index (χ3v) is 13.0. The second-order valence-electron chi connectivity index (χ2n) is 15.2. The lowest BCUT2D eigenvalue weighted by molar-refractivity contribution is -0.152. The molecule has 4 aliphatic rings. The Bertz CT molecular complexity index is 2070. The van der Waals surface area contributed by atoms with Crippen molar-refractivity contribution in [3.63, 3.8) is 0 Å². The number of piperidine rings is 2. The normalized spacial score (nSPS) is 31.4. The summed E-state index contributed by atoms with van der Waals surface area (Å²) in [5.41, 5.74) is 8.88. The Balaban J connectivity index is 1.41. The number of esters is 2. The van der Waals surface area contributed by atoms with Crippen molar-refractivity contribution >= 4 is 33.7 Å². The number of methoxy groups -OCH3 is 2. The largest absolute Gasteiger partial charge is 0.469 e. The summed E-state index contributed by atoms with van der Waals surface area (Å²) in [6.07, 6.45) is 5.87. The number of carbonyl (C=O) groups is 2. The van der Waals surface area contributed by atoms with Crippen LogP contribution in [-0.2, 0) is 31.9 Å². The number of likely N-dealkylation sites (N-methyl/N-ethyl adjacent to an activating group) is 2. The molecule has 0 spiro atoms. The molecule has 0 radical (unpaired) electrons. The topological polar surface area (TPSA) is 100 Å². The Morgan fingerprint density at radius 2 is 1.33 bits per heavy atom. The maximum Gasteiger partial charge on any atom is 0.310 e. The molecule has 0 saturated carbocycles. The molecule has 51 heavy (non-hydrogen) atoms. The van der Waals surface area contributed by atoms with Crippen molar-refractivity contribution in [2.24, 2.45) is 23.7 Å². The highest BCUT2D eigenvalue weighted by molar-refractivity contribution is 5.88. The van der Waals surface area contributed by atoms with Crippen LogP contribution in [0, 0.1) is 23.7 Å². The Morgan fingerprint density at radius 3 is 1.94 bits per heavy atom. The van der Waals surface area contributed by atoms with Gasteiger partial charge in [0, 0.05) is 52.7 Å². The first-order valence-electron chi connectivity index (χ1n) is 18.5. The van der Waals surface area contributed by atoms with Gasteiger partial charge in [-0.1, -0.05) is 59.7 Å². The Hall–Kier alpha value is -4.18. The molecule has 0 amide bonds. The van der Waals surface area contributed by atoms with Gasteiger partial charge in [0.2, 0.25) is 0 Å². The van der Waals surface area contributed by atoms with Gasteiger partial charge in [0.05, 0.1) is 43.9 Å². The molecular weight excluding hydrogens is 640 g/mol. The quantitative estimate of drug-likeness (QED) is 0.202. The van der Waals surface area contributed by atoms with Crippen molar-refractivity contribution in [1.82, 2.24) is 19.4 Å². The van der Waals surface area contributed by atoms with E-state index < -0.39 is 6.10 Å². The number of aliphatic hydroxyl groups excluding tert-OH is 1. The van der Waals surface area contributed by atoms with Crippen LogP contribution in [0.1, 0.15) is 61.3 Å². The number of hydrogen-bond acceptors (Lipinski definition) is 7. The second-order valence-corrected chi connectivity index (χ2v) is 15.2. The lowest BCUT2D eigenvalue weighted by Crippen LogP contribution is -2.54. The summed E-state index contributed by atoms with van der Waals surface area (Å²) in [5, 5.41) is 14.9. The van der Waals surface area contributed by atoms with Crippen molar-refractivity contribution in [3.8, 4) is 0 Å².